The van der Waals surface area contributed by atoms with Crippen molar-refractivity contribution in [3.05, 3.63) is 65.7 Å². The first kappa shape index (κ1) is 28.1. The predicted octanol–water partition coefficient (Wildman–Crippen LogP) is 3.80. The lowest BCUT2D eigenvalue weighted by Gasteiger charge is -2.29. The Hall–Kier alpha value is -3.17. The molecule has 2 rings (SSSR count). The summed E-state index contributed by atoms with van der Waals surface area (Å²) in [7, 11) is -3.99. The molecule has 1 amide bonds. The Balaban J connectivity index is 1.97. The highest BCUT2D eigenvalue weighted by Gasteiger charge is 2.35. The molecule has 0 radical (unpaired) electrons. The highest BCUT2D eigenvalue weighted by Crippen LogP contribution is 2.23. The number of nitrogens with zero attached hydrogens (tertiary/aromatic N) is 1. The summed E-state index contributed by atoms with van der Waals surface area (Å²) >= 11 is 0. The van der Waals surface area contributed by atoms with Gasteiger partial charge in [-0.3, -0.25) is 9.59 Å². The Morgan fingerprint density at radius 1 is 1.03 bits per heavy atom. The molecule has 190 valence electrons. The van der Waals surface area contributed by atoms with Crippen molar-refractivity contribution in [3.8, 4) is 5.75 Å². The van der Waals surface area contributed by atoms with Crippen molar-refractivity contribution < 1.29 is 28.2 Å². The normalized spacial score (nSPS) is 12.8. The molecule has 1 atom stereocenters. The molecule has 0 saturated heterocycles. The number of phenols is 1. The molecule has 8 nitrogen and oxygen atoms in total. The highest BCUT2D eigenvalue weighted by molar-refractivity contribution is 7.89. The van der Waals surface area contributed by atoms with E-state index in [4.69, 9.17) is 0 Å². The Kier molecular flexibility index (Phi) is 10.5. The second kappa shape index (κ2) is 13.1. The number of aryl methyl sites for hydroxylation is 1. The molecule has 2 aromatic rings. The maximum absolute atomic E-state index is 13.3. The van der Waals surface area contributed by atoms with Crippen LogP contribution in [-0.4, -0.2) is 53.9 Å². The number of aliphatic carboxylic acids is 1. The predicted molar refractivity (Wildman–Crippen MR) is 135 cm³/mol. The zero-order chi connectivity index (χ0) is 26.0. The van der Waals surface area contributed by atoms with E-state index >= 15 is 0 Å². The minimum Gasteiger partial charge on any atom is -0.508 e. The van der Waals surface area contributed by atoms with Crippen molar-refractivity contribution in [3.63, 3.8) is 0 Å². The van der Waals surface area contributed by atoms with Crippen molar-refractivity contribution >= 4 is 28.0 Å². The summed E-state index contributed by atoms with van der Waals surface area (Å²) in [5.74, 6) is -1.40. The molecule has 9 heteroatoms. The fourth-order valence-corrected chi connectivity index (χ4v) is 5.26. The van der Waals surface area contributed by atoms with Crippen LogP contribution in [0, 0.1) is 12.8 Å². The SMILES string of the molecule is Cc1ccc(S(=O)(=O)N(CC(C)C)[C@@H](CCCCNC(=O)/C=C/c2ccc(O)cc2)C(=O)O)cc1. The summed E-state index contributed by atoms with van der Waals surface area (Å²) in [6, 6.07) is 11.6. The number of hydrogen-bond acceptors (Lipinski definition) is 5. The molecule has 0 aliphatic heterocycles. The van der Waals surface area contributed by atoms with Crippen LogP contribution in [0.3, 0.4) is 0 Å². The van der Waals surface area contributed by atoms with Gasteiger partial charge in [0.25, 0.3) is 0 Å². The third-order valence-electron chi connectivity index (χ3n) is 5.33. The second-order valence-corrected chi connectivity index (χ2v) is 10.7. The van der Waals surface area contributed by atoms with E-state index in [0.29, 0.717) is 19.4 Å². The van der Waals surface area contributed by atoms with E-state index in [-0.39, 0.29) is 35.4 Å². The number of carboxylic acid groups (broad SMARTS) is 1. The minimum atomic E-state index is -3.99. The maximum atomic E-state index is 13.3. The number of amides is 1. The van der Waals surface area contributed by atoms with Gasteiger partial charge in [-0.25, -0.2) is 8.42 Å². The van der Waals surface area contributed by atoms with Crippen molar-refractivity contribution in [1.29, 1.82) is 0 Å². The van der Waals surface area contributed by atoms with Crippen LogP contribution in [0.1, 0.15) is 44.2 Å². The molecular formula is C26H34N2O6S. The van der Waals surface area contributed by atoms with Gasteiger partial charge in [0.05, 0.1) is 4.90 Å². The summed E-state index contributed by atoms with van der Waals surface area (Å²) in [4.78, 5) is 24.1. The van der Waals surface area contributed by atoms with Crippen molar-refractivity contribution in [2.75, 3.05) is 13.1 Å². The number of benzene rings is 2. The Morgan fingerprint density at radius 2 is 1.66 bits per heavy atom. The lowest BCUT2D eigenvalue weighted by atomic mass is 10.1. The van der Waals surface area contributed by atoms with Gasteiger partial charge in [0.15, 0.2) is 0 Å². The van der Waals surface area contributed by atoms with Gasteiger partial charge in [-0.15, -0.1) is 0 Å². The van der Waals surface area contributed by atoms with Crippen molar-refractivity contribution in [2.24, 2.45) is 5.92 Å². The number of carbonyl (C=O) groups is 2. The number of phenolic OH excluding ortho intramolecular Hbond substituents is 1. The molecule has 0 saturated carbocycles. The number of hydrogen-bond donors (Lipinski definition) is 3. The molecule has 0 bridgehead atoms. The average molecular weight is 503 g/mol. The molecule has 0 aliphatic rings. The van der Waals surface area contributed by atoms with E-state index in [2.05, 4.69) is 5.32 Å². The van der Waals surface area contributed by atoms with Gasteiger partial charge in [0.2, 0.25) is 15.9 Å². The first-order valence-corrected chi connectivity index (χ1v) is 13.0. The molecular weight excluding hydrogens is 468 g/mol. The van der Waals surface area contributed by atoms with Crippen LogP contribution < -0.4 is 5.32 Å². The Morgan fingerprint density at radius 3 is 2.23 bits per heavy atom. The molecule has 35 heavy (non-hydrogen) atoms. The van der Waals surface area contributed by atoms with E-state index in [1.807, 2.05) is 20.8 Å². The number of carbonyl (C=O) groups excluding carboxylic acids is 1. The van der Waals surface area contributed by atoms with Crippen LogP contribution >= 0.6 is 0 Å². The lowest BCUT2D eigenvalue weighted by molar-refractivity contribution is -0.141. The summed E-state index contributed by atoms with van der Waals surface area (Å²) in [5, 5.41) is 21.9. The molecule has 0 aliphatic carbocycles. The summed E-state index contributed by atoms with van der Waals surface area (Å²) in [5.41, 5.74) is 1.68. The van der Waals surface area contributed by atoms with Gasteiger partial charge in [-0.05, 0) is 68.0 Å². The van der Waals surface area contributed by atoms with E-state index in [1.54, 1.807) is 30.3 Å². The first-order valence-electron chi connectivity index (χ1n) is 11.6. The number of aromatic hydroxyl groups is 1. The molecule has 2 aromatic carbocycles. The van der Waals surface area contributed by atoms with Crippen LogP contribution in [0.15, 0.2) is 59.5 Å². The zero-order valence-electron chi connectivity index (χ0n) is 20.3. The highest BCUT2D eigenvalue weighted by atomic mass is 32.2. The molecule has 0 unspecified atom stereocenters. The molecule has 0 aromatic heterocycles. The van der Waals surface area contributed by atoms with Crippen molar-refractivity contribution in [1.82, 2.24) is 9.62 Å². The third kappa shape index (κ3) is 8.84. The number of carboxylic acids is 1. The van der Waals surface area contributed by atoms with Crippen LogP contribution in [0.4, 0.5) is 0 Å². The summed E-state index contributed by atoms with van der Waals surface area (Å²) in [6.45, 7) is 5.96. The topological polar surface area (TPSA) is 124 Å². The largest absolute Gasteiger partial charge is 0.508 e. The van der Waals surface area contributed by atoms with Crippen LogP contribution in [0.2, 0.25) is 0 Å². The molecule has 0 heterocycles. The Labute approximate surface area is 207 Å². The standard InChI is InChI=1S/C26H34N2O6S/c1-19(2)18-28(35(33,34)23-14-7-20(3)8-15-23)24(26(31)32)6-4-5-17-27-25(30)16-11-21-9-12-22(29)13-10-21/h7-16,19,24,29H,4-6,17-18H2,1-3H3,(H,27,30)(H,31,32)/b16-11+/t24-/m0/s1. The van der Waals surface area contributed by atoms with Gasteiger partial charge in [-0.2, -0.15) is 4.31 Å². The second-order valence-electron chi connectivity index (χ2n) is 8.85. The summed E-state index contributed by atoms with van der Waals surface area (Å²) in [6.07, 6.45) is 4.06. The molecule has 0 spiro atoms. The summed E-state index contributed by atoms with van der Waals surface area (Å²) < 4.78 is 27.7. The van der Waals surface area contributed by atoms with Gasteiger partial charge in [-0.1, -0.05) is 43.7 Å². The van der Waals surface area contributed by atoms with Gasteiger partial charge in [0.1, 0.15) is 11.8 Å². The van der Waals surface area contributed by atoms with Gasteiger partial charge >= 0.3 is 5.97 Å². The van der Waals surface area contributed by atoms with E-state index in [0.717, 1.165) is 15.4 Å². The lowest BCUT2D eigenvalue weighted by Crippen LogP contribution is -2.46. The smallest absolute Gasteiger partial charge is 0.322 e. The van der Waals surface area contributed by atoms with Crippen LogP contribution in [-0.2, 0) is 19.6 Å². The number of nitrogens with one attached hydrogen (secondary N) is 1. The van der Waals surface area contributed by atoms with Crippen LogP contribution in [0.25, 0.3) is 6.08 Å². The zero-order valence-corrected chi connectivity index (χ0v) is 21.2. The maximum Gasteiger partial charge on any atom is 0.322 e. The monoisotopic (exact) mass is 502 g/mol. The fourth-order valence-electron chi connectivity index (χ4n) is 3.48. The van der Waals surface area contributed by atoms with E-state index < -0.39 is 22.0 Å². The third-order valence-corrected chi connectivity index (χ3v) is 7.22. The molecule has 3 N–H and O–H groups in total. The number of sulfonamides is 1. The van der Waals surface area contributed by atoms with Crippen molar-refractivity contribution in [2.45, 2.75) is 51.0 Å². The first-order chi connectivity index (χ1) is 16.5. The molecule has 0 fully saturated rings. The number of rotatable bonds is 13. The van der Waals surface area contributed by atoms with E-state index in [9.17, 15) is 28.2 Å². The average Bonchev–Trinajstić information content (AvgIpc) is 2.79. The van der Waals surface area contributed by atoms with E-state index in [1.165, 1.54) is 30.3 Å². The Bertz CT molecular complexity index is 1110. The number of unbranched alkanes of at least 4 members (excludes halogenated alkanes) is 1. The fraction of sp³-hybridized carbons (Fsp3) is 0.385. The van der Waals surface area contributed by atoms with Gasteiger partial charge in [0, 0.05) is 19.2 Å². The quantitative estimate of drug-likeness (QED) is 0.283. The van der Waals surface area contributed by atoms with Gasteiger partial charge < -0.3 is 15.5 Å². The van der Waals surface area contributed by atoms with Crippen LogP contribution in [0.5, 0.6) is 5.75 Å². The minimum absolute atomic E-state index is 0.0586.